The van der Waals surface area contributed by atoms with Crippen LogP contribution in [0.4, 0.5) is 11.4 Å². The summed E-state index contributed by atoms with van der Waals surface area (Å²) in [6.45, 7) is 1.98. The Hall–Kier alpha value is -3.97. The largest absolute Gasteiger partial charge is 0.436 e. The SMILES string of the molecule is Cc1ccccc1-c1nc2cc(NC(=O)/C=C/c3ccc(Cl)c([N+](=O)[O-])c3)ccc2o1. The van der Waals surface area contributed by atoms with Crippen LogP contribution >= 0.6 is 11.6 Å². The number of rotatable bonds is 5. The molecule has 0 aliphatic carbocycles. The number of nitro benzene ring substituents is 1. The zero-order valence-corrected chi connectivity index (χ0v) is 17.1. The van der Waals surface area contributed by atoms with Gasteiger partial charge in [-0.25, -0.2) is 4.98 Å². The van der Waals surface area contributed by atoms with Gasteiger partial charge in [-0.2, -0.15) is 0 Å². The molecule has 0 aliphatic rings. The number of aryl methyl sites for hydroxylation is 1. The van der Waals surface area contributed by atoms with Gasteiger partial charge in [0.15, 0.2) is 5.58 Å². The predicted octanol–water partition coefficient (Wildman–Crippen LogP) is 6.02. The topological polar surface area (TPSA) is 98.3 Å². The molecule has 1 N–H and O–H groups in total. The summed E-state index contributed by atoms with van der Waals surface area (Å²) in [6, 6.07) is 17.3. The second kappa shape index (κ2) is 8.41. The average Bonchev–Trinajstić information content (AvgIpc) is 3.16. The first-order chi connectivity index (χ1) is 14.9. The summed E-state index contributed by atoms with van der Waals surface area (Å²) >= 11 is 5.80. The van der Waals surface area contributed by atoms with Crippen molar-refractivity contribution >= 4 is 46.1 Å². The van der Waals surface area contributed by atoms with Gasteiger partial charge < -0.3 is 9.73 Å². The van der Waals surface area contributed by atoms with Crippen LogP contribution < -0.4 is 5.32 Å². The van der Waals surface area contributed by atoms with E-state index in [0.717, 1.165) is 11.1 Å². The van der Waals surface area contributed by atoms with Gasteiger partial charge in [0, 0.05) is 23.4 Å². The molecule has 1 aromatic heterocycles. The zero-order valence-electron chi connectivity index (χ0n) is 16.3. The van der Waals surface area contributed by atoms with Crippen LogP contribution in [0.1, 0.15) is 11.1 Å². The molecule has 0 spiro atoms. The highest BCUT2D eigenvalue weighted by Gasteiger charge is 2.13. The fourth-order valence-corrected chi connectivity index (χ4v) is 3.25. The number of hydrogen-bond acceptors (Lipinski definition) is 5. The molecular formula is C23H16ClN3O4. The van der Waals surface area contributed by atoms with Gasteiger partial charge in [0.2, 0.25) is 11.8 Å². The molecule has 7 nitrogen and oxygen atoms in total. The van der Waals surface area contributed by atoms with E-state index in [1.54, 1.807) is 24.3 Å². The molecule has 154 valence electrons. The highest BCUT2D eigenvalue weighted by molar-refractivity contribution is 6.32. The lowest BCUT2D eigenvalue weighted by atomic mass is 10.1. The number of fused-ring (bicyclic) bond motifs is 1. The van der Waals surface area contributed by atoms with Gasteiger partial charge in [-0.3, -0.25) is 14.9 Å². The molecule has 3 aromatic carbocycles. The van der Waals surface area contributed by atoms with Crippen molar-refractivity contribution in [2.75, 3.05) is 5.32 Å². The molecule has 1 heterocycles. The van der Waals surface area contributed by atoms with Gasteiger partial charge in [-0.1, -0.05) is 35.9 Å². The molecule has 1 amide bonds. The second-order valence-corrected chi connectivity index (χ2v) is 7.21. The molecule has 4 rings (SSSR count). The summed E-state index contributed by atoms with van der Waals surface area (Å²) in [7, 11) is 0. The van der Waals surface area contributed by atoms with Crippen LogP contribution in [0.25, 0.3) is 28.6 Å². The molecule has 4 aromatic rings. The van der Waals surface area contributed by atoms with E-state index in [9.17, 15) is 14.9 Å². The quantitative estimate of drug-likeness (QED) is 0.236. The van der Waals surface area contributed by atoms with Crippen LogP contribution in [-0.2, 0) is 4.79 Å². The van der Waals surface area contributed by atoms with E-state index in [-0.39, 0.29) is 16.6 Å². The van der Waals surface area contributed by atoms with E-state index < -0.39 is 4.92 Å². The Morgan fingerprint density at radius 2 is 1.97 bits per heavy atom. The van der Waals surface area contributed by atoms with Gasteiger partial charge in [-0.05, 0) is 54.5 Å². The maximum absolute atomic E-state index is 12.3. The standard InChI is InChI=1S/C23H16ClN3O4/c1-14-4-2-3-5-17(14)23-26-19-13-16(8-10-21(19)31-23)25-22(28)11-7-15-6-9-18(24)20(12-15)27(29)30/h2-13H,1H3,(H,25,28)/b11-7+. The highest BCUT2D eigenvalue weighted by Crippen LogP contribution is 2.28. The summed E-state index contributed by atoms with van der Waals surface area (Å²) in [6.07, 6.45) is 2.77. The molecular weight excluding hydrogens is 418 g/mol. The molecule has 0 radical (unpaired) electrons. The zero-order chi connectivity index (χ0) is 22.0. The van der Waals surface area contributed by atoms with Crippen molar-refractivity contribution in [2.45, 2.75) is 6.92 Å². The smallest absolute Gasteiger partial charge is 0.288 e. The van der Waals surface area contributed by atoms with Gasteiger partial charge >= 0.3 is 0 Å². The minimum absolute atomic E-state index is 0.0394. The molecule has 0 saturated carbocycles. The molecule has 0 atom stereocenters. The number of hydrogen-bond donors (Lipinski definition) is 1. The average molecular weight is 434 g/mol. The van der Waals surface area contributed by atoms with E-state index in [4.69, 9.17) is 16.0 Å². The van der Waals surface area contributed by atoms with Gasteiger partial charge in [0.05, 0.1) is 4.92 Å². The predicted molar refractivity (Wildman–Crippen MR) is 120 cm³/mol. The number of halogens is 1. The monoisotopic (exact) mass is 433 g/mol. The van der Waals surface area contributed by atoms with Crippen molar-refractivity contribution < 1.29 is 14.1 Å². The number of carbonyl (C=O) groups is 1. The van der Waals surface area contributed by atoms with Crippen LogP contribution in [0.15, 0.2) is 71.2 Å². The second-order valence-electron chi connectivity index (χ2n) is 6.81. The maximum atomic E-state index is 12.3. The Bertz CT molecular complexity index is 1340. The van der Waals surface area contributed by atoms with Crippen LogP contribution in [0.5, 0.6) is 0 Å². The van der Waals surface area contributed by atoms with Crippen molar-refractivity contribution in [1.29, 1.82) is 0 Å². The van der Waals surface area contributed by atoms with Crippen LogP contribution in [0.3, 0.4) is 0 Å². The lowest BCUT2D eigenvalue weighted by molar-refractivity contribution is -0.384. The number of nitro groups is 1. The maximum Gasteiger partial charge on any atom is 0.288 e. The Labute approximate surface area is 182 Å². The van der Waals surface area contributed by atoms with Crippen LogP contribution in [0.2, 0.25) is 5.02 Å². The number of nitrogens with zero attached hydrogens (tertiary/aromatic N) is 2. The minimum atomic E-state index is -0.571. The summed E-state index contributed by atoms with van der Waals surface area (Å²) in [5, 5.41) is 13.8. The van der Waals surface area contributed by atoms with Crippen molar-refractivity contribution in [3.05, 3.63) is 93.0 Å². The van der Waals surface area contributed by atoms with Crippen molar-refractivity contribution in [2.24, 2.45) is 0 Å². The molecule has 0 bridgehead atoms. The van der Waals surface area contributed by atoms with Gasteiger partial charge in [-0.15, -0.1) is 0 Å². The third-order valence-electron chi connectivity index (χ3n) is 4.62. The Morgan fingerprint density at radius 1 is 1.16 bits per heavy atom. The third kappa shape index (κ3) is 4.46. The summed E-state index contributed by atoms with van der Waals surface area (Å²) in [5.74, 6) is 0.125. The van der Waals surface area contributed by atoms with Crippen molar-refractivity contribution in [3.63, 3.8) is 0 Å². The summed E-state index contributed by atoms with van der Waals surface area (Å²) < 4.78 is 5.84. The summed E-state index contributed by atoms with van der Waals surface area (Å²) in [5.41, 5.74) is 4.01. The minimum Gasteiger partial charge on any atom is -0.436 e. The van der Waals surface area contributed by atoms with Crippen molar-refractivity contribution in [1.82, 2.24) is 4.98 Å². The van der Waals surface area contributed by atoms with Gasteiger partial charge in [0.25, 0.3) is 5.69 Å². The van der Waals surface area contributed by atoms with Crippen LogP contribution in [0, 0.1) is 17.0 Å². The number of nitrogens with one attached hydrogen (secondary N) is 1. The third-order valence-corrected chi connectivity index (χ3v) is 4.94. The summed E-state index contributed by atoms with van der Waals surface area (Å²) in [4.78, 5) is 27.2. The fourth-order valence-electron chi connectivity index (χ4n) is 3.06. The fraction of sp³-hybridized carbons (Fsp3) is 0.0435. The molecule has 31 heavy (non-hydrogen) atoms. The number of amides is 1. The first-order valence-corrected chi connectivity index (χ1v) is 9.68. The van der Waals surface area contributed by atoms with E-state index in [0.29, 0.717) is 28.2 Å². The highest BCUT2D eigenvalue weighted by atomic mass is 35.5. The molecule has 0 saturated heterocycles. The van der Waals surface area contributed by atoms with Crippen molar-refractivity contribution in [3.8, 4) is 11.5 Å². The number of carbonyl (C=O) groups excluding carboxylic acids is 1. The van der Waals surface area contributed by atoms with E-state index >= 15 is 0 Å². The number of benzene rings is 3. The lowest BCUT2D eigenvalue weighted by Crippen LogP contribution is -2.07. The number of aromatic nitrogens is 1. The van der Waals surface area contributed by atoms with Gasteiger partial charge in [0.1, 0.15) is 10.5 Å². The Morgan fingerprint density at radius 3 is 2.74 bits per heavy atom. The van der Waals surface area contributed by atoms with E-state index in [1.165, 1.54) is 24.3 Å². The Balaban J connectivity index is 1.51. The number of anilines is 1. The number of oxazole rings is 1. The molecule has 0 aliphatic heterocycles. The molecule has 0 unspecified atom stereocenters. The van der Waals surface area contributed by atoms with E-state index in [2.05, 4.69) is 10.3 Å². The lowest BCUT2D eigenvalue weighted by Gasteiger charge is -2.01. The first-order valence-electron chi connectivity index (χ1n) is 9.30. The Kier molecular flexibility index (Phi) is 5.51. The molecule has 0 fully saturated rings. The van der Waals surface area contributed by atoms with Crippen LogP contribution in [-0.4, -0.2) is 15.8 Å². The first kappa shape index (κ1) is 20.3. The molecule has 8 heteroatoms. The normalized spacial score (nSPS) is 11.2. The van der Waals surface area contributed by atoms with E-state index in [1.807, 2.05) is 31.2 Å².